The summed E-state index contributed by atoms with van der Waals surface area (Å²) >= 11 is 0. The molecule has 0 aliphatic carbocycles. The molecule has 5 nitrogen and oxygen atoms in total. The van der Waals surface area contributed by atoms with Gasteiger partial charge in [0.2, 0.25) is 5.91 Å². The number of carbonyl (C=O) groups excluding carboxylic acids is 1. The molecule has 21 heavy (non-hydrogen) atoms. The average molecular weight is 286 g/mol. The second-order valence-corrected chi connectivity index (χ2v) is 5.15. The first-order valence-electron chi connectivity index (χ1n) is 7.21. The summed E-state index contributed by atoms with van der Waals surface area (Å²) in [6.45, 7) is 2.60. The van der Waals surface area contributed by atoms with Crippen LogP contribution in [0, 0.1) is 0 Å². The Labute approximate surface area is 125 Å². The molecule has 2 aromatic rings. The minimum atomic E-state index is 0.0448. The molecule has 2 rings (SSSR count). The highest BCUT2D eigenvalue weighted by Gasteiger charge is 2.08. The second-order valence-electron chi connectivity index (χ2n) is 5.15. The van der Waals surface area contributed by atoms with Crippen LogP contribution in [0.5, 0.6) is 0 Å². The molecule has 0 aliphatic rings. The molecule has 0 spiro atoms. The van der Waals surface area contributed by atoms with E-state index in [1.165, 1.54) is 0 Å². The third-order valence-corrected chi connectivity index (χ3v) is 3.39. The molecular formula is C16H22N4O. The lowest BCUT2D eigenvalue weighted by atomic mass is 10.1. The quantitative estimate of drug-likeness (QED) is 0.795. The Kier molecular flexibility index (Phi) is 4.98. The molecule has 0 bridgehead atoms. The van der Waals surface area contributed by atoms with Crippen molar-refractivity contribution < 1.29 is 4.79 Å². The standard InChI is InChI=1S/C16H22N4O/c1-3-15-13(11-20(2)19-15)10-18-16(21)8-7-12-5-4-6-14(17)9-12/h4-6,9,11H,3,7-8,10,17H2,1-2H3,(H,18,21). The summed E-state index contributed by atoms with van der Waals surface area (Å²) in [6.07, 6.45) is 3.99. The van der Waals surface area contributed by atoms with Crippen molar-refractivity contribution in [1.29, 1.82) is 0 Å². The van der Waals surface area contributed by atoms with Crippen molar-refractivity contribution in [2.45, 2.75) is 32.7 Å². The van der Waals surface area contributed by atoms with Crippen molar-refractivity contribution in [3.8, 4) is 0 Å². The van der Waals surface area contributed by atoms with E-state index in [0.29, 0.717) is 19.4 Å². The number of nitrogen functional groups attached to an aromatic ring is 1. The van der Waals surface area contributed by atoms with Crippen LogP contribution in [0.2, 0.25) is 0 Å². The number of benzene rings is 1. The lowest BCUT2D eigenvalue weighted by Gasteiger charge is -2.05. The predicted molar refractivity (Wildman–Crippen MR) is 83.6 cm³/mol. The van der Waals surface area contributed by atoms with Crippen molar-refractivity contribution >= 4 is 11.6 Å². The molecule has 1 heterocycles. The van der Waals surface area contributed by atoms with Gasteiger partial charge in [-0.2, -0.15) is 5.10 Å². The van der Waals surface area contributed by atoms with Crippen LogP contribution in [0.25, 0.3) is 0 Å². The normalized spacial score (nSPS) is 10.6. The summed E-state index contributed by atoms with van der Waals surface area (Å²) in [5.41, 5.74) is 9.66. The maximum atomic E-state index is 11.9. The predicted octanol–water partition coefficient (Wildman–Crippen LogP) is 1.81. The van der Waals surface area contributed by atoms with Gasteiger partial charge in [-0.15, -0.1) is 0 Å². The van der Waals surface area contributed by atoms with Crippen LogP contribution in [0.4, 0.5) is 5.69 Å². The van der Waals surface area contributed by atoms with E-state index in [9.17, 15) is 4.79 Å². The number of nitrogens with one attached hydrogen (secondary N) is 1. The van der Waals surface area contributed by atoms with Gasteiger partial charge in [-0.3, -0.25) is 9.48 Å². The van der Waals surface area contributed by atoms with Crippen molar-refractivity contribution in [2.75, 3.05) is 5.73 Å². The highest BCUT2D eigenvalue weighted by molar-refractivity contribution is 5.76. The van der Waals surface area contributed by atoms with E-state index >= 15 is 0 Å². The van der Waals surface area contributed by atoms with Gasteiger partial charge >= 0.3 is 0 Å². The van der Waals surface area contributed by atoms with Crippen molar-refractivity contribution in [2.24, 2.45) is 7.05 Å². The molecule has 1 aromatic heterocycles. The Hall–Kier alpha value is -2.30. The van der Waals surface area contributed by atoms with E-state index in [0.717, 1.165) is 28.9 Å². The molecule has 112 valence electrons. The minimum absolute atomic E-state index is 0.0448. The highest BCUT2D eigenvalue weighted by atomic mass is 16.1. The molecule has 3 N–H and O–H groups in total. The fourth-order valence-corrected chi connectivity index (χ4v) is 2.32. The molecular weight excluding hydrogens is 264 g/mol. The molecule has 5 heteroatoms. The number of nitrogens with zero attached hydrogens (tertiary/aromatic N) is 2. The lowest BCUT2D eigenvalue weighted by Crippen LogP contribution is -2.23. The first-order valence-corrected chi connectivity index (χ1v) is 7.21. The first kappa shape index (κ1) is 15.1. The fourth-order valence-electron chi connectivity index (χ4n) is 2.32. The topological polar surface area (TPSA) is 72.9 Å². The molecule has 0 saturated heterocycles. The third kappa shape index (κ3) is 4.34. The zero-order valence-electron chi connectivity index (χ0n) is 12.6. The summed E-state index contributed by atoms with van der Waals surface area (Å²) in [7, 11) is 1.89. The van der Waals surface area contributed by atoms with E-state index in [-0.39, 0.29) is 5.91 Å². The minimum Gasteiger partial charge on any atom is -0.399 e. The smallest absolute Gasteiger partial charge is 0.220 e. The first-order chi connectivity index (χ1) is 10.1. The molecule has 1 amide bonds. The highest BCUT2D eigenvalue weighted by Crippen LogP contribution is 2.09. The molecule has 0 atom stereocenters. The van der Waals surface area contributed by atoms with Crippen molar-refractivity contribution in [3.63, 3.8) is 0 Å². The van der Waals surface area contributed by atoms with Gasteiger partial charge in [0.25, 0.3) is 0 Å². The maximum Gasteiger partial charge on any atom is 0.220 e. The average Bonchev–Trinajstić information content (AvgIpc) is 2.83. The van der Waals surface area contributed by atoms with E-state index in [4.69, 9.17) is 5.73 Å². The molecule has 0 aliphatic heterocycles. The van der Waals surface area contributed by atoms with Crippen molar-refractivity contribution in [3.05, 3.63) is 47.3 Å². The number of aromatic nitrogens is 2. The SMILES string of the molecule is CCc1nn(C)cc1CNC(=O)CCc1cccc(N)c1. The summed E-state index contributed by atoms with van der Waals surface area (Å²) in [6, 6.07) is 7.65. The van der Waals surface area contributed by atoms with E-state index < -0.39 is 0 Å². The number of hydrogen-bond acceptors (Lipinski definition) is 3. The van der Waals surface area contributed by atoms with Crippen LogP contribution in [0.1, 0.15) is 30.2 Å². The number of amides is 1. The largest absolute Gasteiger partial charge is 0.399 e. The maximum absolute atomic E-state index is 11.9. The Morgan fingerprint density at radius 2 is 2.24 bits per heavy atom. The number of anilines is 1. The van der Waals surface area contributed by atoms with Crippen LogP contribution in [0.3, 0.4) is 0 Å². The van der Waals surface area contributed by atoms with Crippen LogP contribution in [-0.4, -0.2) is 15.7 Å². The van der Waals surface area contributed by atoms with Gasteiger partial charge in [-0.25, -0.2) is 0 Å². The Bertz CT molecular complexity index is 618. The number of aryl methyl sites for hydroxylation is 3. The van der Waals surface area contributed by atoms with Crippen LogP contribution >= 0.6 is 0 Å². The monoisotopic (exact) mass is 286 g/mol. The van der Waals surface area contributed by atoms with Crippen LogP contribution in [0.15, 0.2) is 30.5 Å². The van der Waals surface area contributed by atoms with Gasteiger partial charge in [-0.05, 0) is 30.5 Å². The number of hydrogen-bond donors (Lipinski definition) is 2. The number of carbonyl (C=O) groups is 1. The zero-order valence-corrected chi connectivity index (χ0v) is 12.6. The second kappa shape index (κ2) is 6.92. The number of nitrogens with two attached hydrogens (primary N) is 1. The molecule has 0 fully saturated rings. The third-order valence-electron chi connectivity index (χ3n) is 3.39. The van der Waals surface area contributed by atoms with Gasteiger partial charge in [0.15, 0.2) is 0 Å². The Morgan fingerprint density at radius 1 is 1.43 bits per heavy atom. The van der Waals surface area contributed by atoms with Gasteiger partial charge in [0, 0.05) is 37.5 Å². The zero-order chi connectivity index (χ0) is 15.2. The fraction of sp³-hybridized carbons (Fsp3) is 0.375. The summed E-state index contributed by atoms with van der Waals surface area (Å²) in [5, 5.41) is 7.31. The van der Waals surface area contributed by atoms with E-state index in [2.05, 4.69) is 17.3 Å². The summed E-state index contributed by atoms with van der Waals surface area (Å²) < 4.78 is 1.78. The summed E-state index contributed by atoms with van der Waals surface area (Å²) in [4.78, 5) is 11.9. The molecule has 1 aromatic carbocycles. The molecule has 0 unspecified atom stereocenters. The van der Waals surface area contributed by atoms with Gasteiger partial charge < -0.3 is 11.1 Å². The summed E-state index contributed by atoms with van der Waals surface area (Å²) in [5.74, 6) is 0.0448. The van der Waals surface area contributed by atoms with Gasteiger partial charge in [-0.1, -0.05) is 19.1 Å². The van der Waals surface area contributed by atoms with Gasteiger partial charge in [0.1, 0.15) is 0 Å². The lowest BCUT2D eigenvalue weighted by molar-refractivity contribution is -0.121. The number of rotatable bonds is 6. The Morgan fingerprint density at radius 3 is 2.95 bits per heavy atom. The van der Waals surface area contributed by atoms with Crippen LogP contribution < -0.4 is 11.1 Å². The van der Waals surface area contributed by atoms with Crippen LogP contribution in [-0.2, 0) is 31.2 Å². The van der Waals surface area contributed by atoms with E-state index in [1.54, 1.807) is 4.68 Å². The molecule has 0 saturated carbocycles. The van der Waals surface area contributed by atoms with E-state index in [1.807, 2.05) is 37.5 Å². The molecule has 0 radical (unpaired) electrons. The Balaban J connectivity index is 1.82. The van der Waals surface area contributed by atoms with Crippen molar-refractivity contribution in [1.82, 2.24) is 15.1 Å². The van der Waals surface area contributed by atoms with Gasteiger partial charge in [0.05, 0.1) is 5.69 Å².